The molecule has 2 bridgehead atoms. The number of rotatable bonds is 1. The summed E-state index contributed by atoms with van der Waals surface area (Å²) in [4.78, 5) is 14.4. The van der Waals surface area contributed by atoms with Gasteiger partial charge in [0.25, 0.3) is 5.91 Å². The van der Waals surface area contributed by atoms with E-state index in [1.54, 1.807) is 0 Å². The van der Waals surface area contributed by atoms with Crippen LogP contribution in [0, 0.1) is 5.92 Å². The zero-order valence-corrected chi connectivity index (χ0v) is 10.9. The number of hydrogen-bond donors (Lipinski definition) is 1. The molecule has 4 atom stereocenters. The predicted molar refractivity (Wildman–Crippen MR) is 68.1 cm³/mol. The van der Waals surface area contributed by atoms with E-state index in [0.29, 0.717) is 12.1 Å². The standard InChI is InChI=1S/C13H14BrNO2/c14-10-6-9-7-15(11(10)12(9)16)13(17)8-4-2-1-3-5-8/h1-5,9-12,16H,6-7H2/t9-,10+,11-,12-/m1/s1. The summed E-state index contributed by atoms with van der Waals surface area (Å²) in [5.41, 5.74) is 0.701. The molecule has 1 heterocycles. The van der Waals surface area contributed by atoms with Gasteiger partial charge in [0.1, 0.15) is 0 Å². The summed E-state index contributed by atoms with van der Waals surface area (Å²) in [5.74, 6) is 0.262. The number of carbonyl (C=O) groups is 1. The maximum atomic E-state index is 12.3. The molecule has 4 heteroatoms. The summed E-state index contributed by atoms with van der Waals surface area (Å²) in [7, 11) is 0. The molecule has 1 aromatic carbocycles. The van der Waals surface area contributed by atoms with E-state index in [9.17, 15) is 9.90 Å². The lowest BCUT2D eigenvalue weighted by atomic mass is 10.1. The lowest BCUT2D eigenvalue weighted by Crippen LogP contribution is -2.44. The SMILES string of the molecule is O=C(c1ccccc1)N1C[C@H]2C[C@H](Br)[C@@H]1[C@@H]2O. The molecule has 2 aliphatic rings. The van der Waals surface area contributed by atoms with Gasteiger partial charge in [-0.15, -0.1) is 0 Å². The van der Waals surface area contributed by atoms with E-state index in [0.717, 1.165) is 6.42 Å². The van der Waals surface area contributed by atoms with E-state index in [-0.39, 0.29) is 28.8 Å². The Hall–Kier alpha value is -0.870. The van der Waals surface area contributed by atoms with Crippen LogP contribution in [0.25, 0.3) is 0 Å². The van der Waals surface area contributed by atoms with Crippen molar-refractivity contribution < 1.29 is 9.90 Å². The molecule has 0 spiro atoms. The number of aliphatic hydroxyl groups is 1. The van der Waals surface area contributed by atoms with Crippen LogP contribution in [0.2, 0.25) is 0 Å². The lowest BCUT2D eigenvalue weighted by Gasteiger charge is -2.30. The Morgan fingerprint density at radius 3 is 2.65 bits per heavy atom. The minimum atomic E-state index is -0.368. The second-order valence-electron chi connectivity index (χ2n) is 4.82. The molecule has 1 saturated heterocycles. The summed E-state index contributed by atoms with van der Waals surface area (Å²) in [6.07, 6.45) is 0.594. The fourth-order valence-electron chi connectivity index (χ4n) is 2.96. The third-order valence-corrected chi connectivity index (χ3v) is 4.72. The van der Waals surface area contributed by atoms with Gasteiger partial charge in [-0.2, -0.15) is 0 Å². The molecule has 2 fully saturated rings. The van der Waals surface area contributed by atoms with Crippen molar-refractivity contribution in [2.24, 2.45) is 5.92 Å². The van der Waals surface area contributed by atoms with Gasteiger partial charge in [-0.25, -0.2) is 0 Å². The highest BCUT2D eigenvalue weighted by molar-refractivity contribution is 9.09. The molecular weight excluding hydrogens is 282 g/mol. The number of benzene rings is 1. The number of piperidine rings is 1. The third-order valence-electron chi connectivity index (χ3n) is 3.80. The topological polar surface area (TPSA) is 40.5 Å². The van der Waals surface area contributed by atoms with Crippen LogP contribution in [0.4, 0.5) is 0 Å². The van der Waals surface area contributed by atoms with Crippen LogP contribution in [0.5, 0.6) is 0 Å². The van der Waals surface area contributed by atoms with Crippen LogP contribution >= 0.6 is 15.9 Å². The zero-order chi connectivity index (χ0) is 12.0. The molecule has 1 saturated carbocycles. The van der Waals surface area contributed by atoms with Crippen molar-refractivity contribution in [1.82, 2.24) is 4.90 Å². The molecule has 3 rings (SSSR count). The van der Waals surface area contributed by atoms with Crippen LogP contribution < -0.4 is 0 Å². The molecule has 0 aromatic heterocycles. The molecule has 1 amide bonds. The van der Waals surface area contributed by atoms with E-state index >= 15 is 0 Å². The summed E-state index contributed by atoms with van der Waals surface area (Å²) < 4.78 is 0. The normalized spacial score (nSPS) is 35.3. The highest BCUT2D eigenvalue weighted by Gasteiger charge is 2.52. The third kappa shape index (κ3) is 1.70. The van der Waals surface area contributed by atoms with Gasteiger partial charge in [-0.3, -0.25) is 4.79 Å². The first-order chi connectivity index (χ1) is 8.18. The second-order valence-corrected chi connectivity index (χ2v) is 5.99. The van der Waals surface area contributed by atoms with Gasteiger partial charge in [-0.05, 0) is 18.6 Å². The molecule has 1 aromatic rings. The Balaban J connectivity index is 1.85. The van der Waals surface area contributed by atoms with Gasteiger partial charge in [0.2, 0.25) is 0 Å². The monoisotopic (exact) mass is 295 g/mol. The van der Waals surface area contributed by atoms with Crippen LogP contribution in [-0.4, -0.2) is 39.4 Å². The van der Waals surface area contributed by atoms with Crippen LogP contribution in [-0.2, 0) is 0 Å². The first-order valence-corrected chi connectivity index (χ1v) is 6.78. The molecule has 1 aliphatic carbocycles. The van der Waals surface area contributed by atoms with Crippen molar-refractivity contribution >= 4 is 21.8 Å². The highest BCUT2D eigenvalue weighted by atomic mass is 79.9. The van der Waals surface area contributed by atoms with Crippen LogP contribution in [0.1, 0.15) is 16.8 Å². The summed E-state index contributed by atoms with van der Waals surface area (Å²) in [6.45, 7) is 0.682. The summed E-state index contributed by atoms with van der Waals surface area (Å²) in [5, 5.41) is 10.0. The molecule has 0 unspecified atom stereocenters. The molecule has 1 N–H and O–H groups in total. The predicted octanol–water partition coefficient (Wildman–Crippen LogP) is 1.66. The van der Waals surface area contributed by atoms with Crippen molar-refractivity contribution in [2.75, 3.05) is 6.54 Å². The van der Waals surface area contributed by atoms with Gasteiger partial charge in [0.05, 0.1) is 12.1 Å². The van der Waals surface area contributed by atoms with E-state index in [1.807, 2.05) is 35.2 Å². The van der Waals surface area contributed by atoms with Crippen LogP contribution in [0.15, 0.2) is 30.3 Å². The van der Waals surface area contributed by atoms with E-state index in [4.69, 9.17) is 0 Å². The summed E-state index contributed by atoms with van der Waals surface area (Å²) in [6, 6.07) is 9.21. The number of halogens is 1. The van der Waals surface area contributed by atoms with Gasteiger partial charge in [0, 0.05) is 22.9 Å². The van der Waals surface area contributed by atoms with Gasteiger partial charge in [0.15, 0.2) is 0 Å². The first-order valence-electron chi connectivity index (χ1n) is 5.86. The number of alkyl halides is 1. The molecule has 3 nitrogen and oxygen atoms in total. The lowest BCUT2D eigenvalue weighted by molar-refractivity contribution is 0.0659. The van der Waals surface area contributed by atoms with Crippen LogP contribution in [0.3, 0.4) is 0 Å². The van der Waals surface area contributed by atoms with Crippen molar-refractivity contribution in [3.8, 4) is 0 Å². The maximum absolute atomic E-state index is 12.3. The number of likely N-dealkylation sites (tertiary alicyclic amines) is 1. The molecule has 0 radical (unpaired) electrons. The quantitative estimate of drug-likeness (QED) is 0.801. The fraction of sp³-hybridized carbons (Fsp3) is 0.462. The minimum absolute atomic E-state index is 0.0290. The van der Waals surface area contributed by atoms with Crippen molar-refractivity contribution in [2.45, 2.75) is 23.4 Å². The smallest absolute Gasteiger partial charge is 0.254 e. The molecule has 17 heavy (non-hydrogen) atoms. The van der Waals surface area contributed by atoms with Crippen molar-refractivity contribution in [3.05, 3.63) is 35.9 Å². The average Bonchev–Trinajstić information content (AvgIpc) is 2.81. The number of amides is 1. The average molecular weight is 296 g/mol. The van der Waals surface area contributed by atoms with Crippen molar-refractivity contribution in [1.29, 1.82) is 0 Å². The Kier molecular flexibility index (Phi) is 2.71. The zero-order valence-electron chi connectivity index (χ0n) is 9.29. The van der Waals surface area contributed by atoms with Gasteiger partial charge in [-0.1, -0.05) is 34.1 Å². The number of hydrogen-bond acceptors (Lipinski definition) is 2. The van der Waals surface area contributed by atoms with E-state index < -0.39 is 0 Å². The molecule has 90 valence electrons. The molecular formula is C13H14BrNO2. The second kappa shape index (κ2) is 4.10. The van der Waals surface area contributed by atoms with Gasteiger partial charge >= 0.3 is 0 Å². The van der Waals surface area contributed by atoms with E-state index in [2.05, 4.69) is 15.9 Å². The Morgan fingerprint density at radius 2 is 2.06 bits per heavy atom. The number of fused-ring (bicyclic) bond motifs is 2. The Morgan fingerprint density at radius 1 is 1.35 bits per heavy atom. The Bertz CT molecular complexity index is 436. The Labute approximate surface area is 109 Å². The molecule has 1 aliphatic heterocycles. The maximum Gasteiger partial charge on any atom is 0.254 e. The van der Waals surface area contributed by atoms with E-state index in [1.165, 1.54) is 0 Å². The first kappa shape index (κ1) is 11.2. The fourth-order valence-corrected chi connectivity index (χ4v) is 4.04. The number of aliphatic hydroxyl groups excluding tert-OH is 1. The number of carbonyl (C=O) groups excluding carboxylic acids is 1. The number of nitrogens with zero attached hydrogens (tertiary/aromatic N) is 1. The highest BCUT2D eigenvalue weighted by Crippen LogP contribution is 2.42. The largest absolute Gasteiger partial charge is 0.391 e. The van der Waals surface area contributed by atoms with Crippen molar-refractivity contribution in [3.63, 3.8) is 0 Å². The minimum Gasteiger partial charge on any atom is -0.391 e. The van der Waals surface area contributed by atoms with Gasteiger partial charge < -0.3 is 10.0 Å². The summed E-state index contributed by atoms with van der Waals surface area (Å²) >= 11 is 3.56.